The molecule has 0 heterocycles. The first-order chi connectivity index (χ1) is 25.8. The van der Waals surface area contributed by atoms with E-state index in [-0.39, 0.29) is 59.5 Å². The third-order valence-corrected chi connectivity index (χ3v) is 6.51. The number of rotatable bonds is 39. The molecule has 0 saturated carbocycles. The molecule has 0 aromatic rings. The fourth-order valence-electron chi connectivity index (χ4n) is 3.53. The molecule has 0 radical (unpaired) electrons. The molecule has 0 fully saturated rings. The van der Waals surface area contributed by atoms with Crippen LogP contribution < -0.4 is 0 Å². The molecule has 12 nitrogen and oxygen atoms in total. The van der Waals surface area contributed by atoms with Crippen LogP contribution in [0.2, 0.25) is 0 Å². The molecule has 0 aromatic heterocycles. The fraction of sp³-hybridized carbons (Fsp3) is 1.00. The first-order valence-corrected chi connectivity index (χ1v) is 16.7. The van der Waals surface area contributed by atoms with E-state index in [1.807, 2.05) is 0 Å². The highest BCUT2D eigenvalue weighted by atomic mass is 19.4. The lowest BCUT2D eigenvalue weighted by atomic mass is 9.93. The minimum absolute atomic E-state index is 0.0147. The van der Waals surface area contributed by atoms with E-state index >= 15 is 0 Å². The molecule has 55 heavy (non-hydrogen) atoms. The zero-order valence-corrected chi connectivity index (χ0v) is 29.8. The summed E-state index contributed by atoms with van der Waals surface area (Å²) >= 11 is 0. The lowest BCUT2D eigenvalue weighted by Gasteiger charge is -2.39. The molecule has 0 aromatic carbocycles. The lowest BCUT2D eigenvalue weighted by molar-refractivity contribution is -0.440. The van der Waals surface area contributed by atoms with Gasteiger partial charge in [-0.2, -0.15) is 57.1 Å². The highest BCUT2D eigenvalue weighted by Crippen LogP contribution is 2.60. The van der Waals surface area contributed by atoms with Crippen LogP contribution in [0.25, 0.3) is 0 Å². The predicted octanol–water partition coefficient (Wildman–Crippen LogP) is 4.29. The number of aliphatic hydroxyl groups is 1. The molecule has 0 rings (SSSR count). The van der Waals surface area contributed by atoms with Crippen LogP contribution in [0.4, 0.5) is 57.1 Å². The molecule has 1 N–H and O–H groups in total. The van der Waals surface area contributed by atoms with Gasteiger partial charge in [0.25, 0.3) is 0 Å². The highest BCUT2D eigenvalue weighted by Gasteiger charge is 2.90. The van der Waals surface area contributed by atoms with E-state index < -0.39 is 55.4 Å². The molecule has 0 unspecified atom stereocenters. The van der Waals surface area contributed by atoms with Crippen LogP contribution >= 0.6 is 0 Å². The first kappa shape index (κ1) is 53.6. The Morgan fingerprint density at radius 2 is 0.455 bits per heavy atom. The molecular formula is C30H49F13O12. The molecule has 0 spiro atoms. The fourth-order valence-corrected chi connectivity index (χ4v) is 3.53. The van der Waals surface area contributed by atoms with E-state index in [2.05, 4.69) is 4.74 Å². The van der Waals surface area contributed by atoms with Gasteiger partial charge in [-0.15, -0.1) is 0 Å². The summed E-state index contributed by atoms with van der Waals surface area (Å²) in [5.41, 5.74) is 0. The van der Waals surface area contributed by atoms with Crippen molar-refractivity contribution in [2.45, 2.75) is 42.2 Å². The zero-order valence-electron chi connectivity index (χ0n) is 29.8. The van der Waals surface area contributed by atoms with Crippen molar-refractivity contribution in [2.24, 2.45) is 0 Å². The summed E-state index contributed by atoms with van der Waals surface area (Å²) in [6, 6.07) is 0. The van der Waals surface area contributed by atoms with Gasteiger partial charge in [0.2, 0.25) is 0 Å². The van der Waals surface area contributed by atoms with Crippen molar-refractivity contribution >= 4 is 0 Å². The van der Waals surface area contributed by atoms with Gasteiger partial charge in [-0.25, -0.2) is 0 Å². The second-order valence-electron chi connectivity index (χ2n) is 10.7. The standard InChI is InChI=1S/C30H49F13O12/c31-25(32,26(33,34)27(35,36)28(37,38)29(39,40)30(41,42)43)1-3-45-5-7-47-9-11-49-13-15-51-17-19-53-21-23-55-24-22-54-20-18-52-16-14-50-12-10-48-8-6-46-4-2-44/h44H,1-24H2. The number of alkyl halides is 13. The largest absolute Gasteiger partial charge is 0.460 e. The summed E-state index contributed by atoms with van der Waals surface area (Å²) in [6.45, 7) is 3.36. The van der Waals surface area contributed by atoms with E-state index in [0.29, 0.717) is 79.3 Å². The van der Waals surface area contributed by atoms with E-state index in [4.69, 9.17) is 52.5 Å². The second-order valence-corrected chi connectivity index (χ2v) is 10.7. The number of hydrogen-bond acceptors (Lipinski definition) is 12. The van der Waals surface area contributed by atoms with Gasteiger partial charge in [-0.05, 0) is 0 Å². The van der Waals surface area contributed by atoms with Crippen molar-refractivity contribution in [2.75, 3.05) is 152 Å². The third-order valence-electron chi connectivity index (χ3n) is 6.51. The van der Waals surface area contributed by atoms with Gasteiger partial charge >= 0.3 is 35.8 Å². The van der Waals surface area contributed by atoms with E-state index in [0.717, 1.165) is 0 Å². The van der Waals surface area contributed by atoms with Crippen molar-refractivity contribution in [1.82, 2.24) is 0 Å². The molecule has 0 saturated heterocycles. The van der Waals surface area contributed by atoms with E-state index in [1.165, 1.54) is 0 Å². The quantitative estimate of drug-likeness (QED) is 0.0703. The first-order valence-electron chi connectivity index (χ1n) is 16.7. The van der Waals surface area contributed by atoms with E-state index in [9.17, 15) is 57.1 Å². The topological polar surface area (TPSA) is 122 Å². The second kappa shape index (κ2) is 28.9. The molecule has 0 aliphatic heterocycles. The molecular weight excluding hydrogens is 799 g/mol. The molecule has 25 heteroatoms. The third kappa shape index (κ3) is 20.7. The minimum Gasteiger partial charge on any atom is -0.394 e. The van der Waals surface area contributed by atoms with Crippen molar-refractivity contribution in [3.05, 3.63) is 0 Å². The van der Waals surface area contributed by atoms with Gasteiger partial charge in [0.15, 0.2) is 0 Å². The Labute approximate surface area is 309 Å². The smallest absolute Gasteiger partial charge is 0.394 e. The maximum atomic E-state index is 13.7. The van der Waals surface area contributed by atoms with Gasteiger partial charge in [0.05, 0.1) is 152 Å². The number of ether oxygens (including phenoxy) is 11. The van der Waals surface area contributed by atoms with Crippen LogP contribution in [0, 0.1) is 0 Å². The summed E-state index contributed by atoms with van der Waals surface area (Å²) in [5.74, 6) is -37.0. The maximum absolute atomic E-state index is 13.7. The summed E-state index contributed by atoms with van der Waals surface area (Å²) in [7, 11) is 0. The molecule has 0 aliphatic rings. The van der Waals surface area contributed by atoms with Crippen LogP contribution in [0.3, 0.4) is 0 Å². The summed E-state index contributed by atoms with van der Waals surface area (Å²) in [6.07, 6.45) is -9.88. The average Bonchev–Trinajstić information content (AvgIpc) is 3.11. The van der Waals surface area contributed by atoms with Gasteiger partial charge in [-0.1, -0.05) is 0 Å². The van der Waals surface area contributed by atoms with Crippen LogP contribution in [0.15, 0.2) is 0 Å². The number of halogens is 13. The van der Waals surface area contributed by atoms with Gasteiger partial charge < -0.3 is 57.2 Å². The minimum atomic E-state index is -7.93. The highest BCUT2D eigenvalue weighted by molar-refractivity contribution is 5.10. The monoisotopic (exact) mass is 848 g/mol. The Morgan fingerprint density at radius 3 is 0.673 bits per heavy atom. The van der Waals surface area contributed by atoms with Crippen LogP contribution in [0.5, 0.6) is 0 Å². The Morgan fingerprint density at radius 1 is 0.255 bits per heavy atom. The zero-order chi connectivity index (χ0) is 41.7. The van der Waals surface area contributed by atoms with Crippen molar-refractivity contribution in [3.8, 4) is 0 Å². The van der Waals surface area contributed by atoms with Crippen LogP contribution in [0.1, 0.15) is 6.42 Å². The van der Waals surface area contributed by atoms with Gasteiger partial charge in [0, 0.05) is 6.42 Å². The van der Waals surface area contributed by atoms with E-state index in [1.54, 1.807) is 0 Å². The number of hydrogen-bond donors (Lipinski definition) is 1. The Kier molecular flexibility index (Phi) is 28.2. The summed E-state index contributed by atoms with van der Waals surface area (Å²) in [5, 5.41) is 8.56. The predicted molar refractivity (Wildman–Crippen MR) is 162 cm³/mol. The lowest BCUT2D eigenvalue weighted by Crippen LogP contribution is -2.70. The summed E-state index contributed by atoms with van der Waals surface area (Å²) < 4.78 is 227. The Bertz CT molecular complexity index is 923. The Hall–Kier alpha value is -1.39. The average molecular weight is 849 g/mol. The Balaban J connectivity index is 3.63. The van der Waals surface area contributed by atoms with Gasteiger partial charge in [-0.3, -0.25) is 0 Å². The summed E-state index contributed by atoms with van der Waals surface area (Å²) in [4.78, 5) is 0. The van der Waals surface area contributed by atoms with Crippen molar-refractivity contribution in [1.29, 1.82) is 0 Å². The van der Waals surface area contributed by atoms with Crippen LogP contribution in [-0.2, 0) is 52.1 Å². The maximum Gasteiger partial charge on any atom is 0.460 e. The van der Waals surface area contributed by atoms with Gasteiger partial charge in [0.1, 0.15) is 0 Å². The number of aliphatic hydroxyl groups excluding tert-OH is 1. The van der Waals surface area contributed by atoms with Crippen molar-refractivity contribution < 1.29 is 114 Å². The molecule has 0 atom stereocenters. The molecule has 0 amide bonds. The normalized spacial score (nSPS) is 13.6. The molecule has 332 valence electrons. The molecule has 0 aliphatic carbocycles. The SMILES string of the molecule is OCCOCCOCCOCCOCCOCCOCCOCCOCCOCCOCCOCCC(F)(F)C(F)(F)C(F)(F)C(F)(F)C(F)(F)C(F)(F)F. The molecule has 0 bridgehead atoms. The van der Waals surface area contributed by atoms with Crippen LogP contribution in [-0.4, -0.2) is 193 Å². The van der Waals surface area contributed by atoms with Crippen molar-refractivity contribution in [3.63, 3.8) is 0 Å².